The van der Waals surface area contributed by atoms with Crippen LogP contribution in [0.25, 0.3) is 0 Å². The van der Waals surface area contributed by atoms with Crippen LogP contribution in [0.5, 0.6) is 5.75 Å². The third-order valence-corrected chi connectivity index (χ3v) is 4.48. The van der Waals surface area contributed by atoms with Gasteiger partial charge in [-0.1, -0.05) is 16.7 Å². The minimum atomic E-state index is -5.12. The summed E-state index contributed by atoms with van der Waals surface area (Å²) in [5.74, 6) is 0.831. The zero-order valence-electron chi connectivity index (χ0n) is 11.9. The highest BCUT2D eigenvalue weighted by Gasteiger charge is 2.32. The smallest absolute Gasteiger partial charge is 0.357 e. The molecule has 0 aromatic carbocycles. The van der Waals surface area contributed by atoms with Crippen molar-refractivity contribution in [1.29, 1.82) is 0 Å². The van der Waals surface area contributed by atoms with Crippen LogP contribution in [0, 0.1) is 11.8 Å². The predicted molar refractivity (Wildman–Crippen MR) is 76.2 cm³/mol. The zero-order chi connectivity index (χ0) is 15.7. The molecule has 1 atom stereocenters. The number of hydrogen-bond donors (Lipinski definition) is 0. The van der Waals surface area contributed by atoms with Crippen LogP contribution in [0.2, 0.25) is 0 Å². The summed E-state index contributed by atoms with van der Waals surface area (Å²) < 4.78 is 37.6. The number of carbonyl (C=O) groups excluding carboxylic acids is 1. The second-order valence-electron chi connectivity index (χ2n) is 5.97. The first-order valence-corrected chi connectivity index (χ1v) is 8.60. The average Bonchev–Trinajstić information content (AvgIpc) is 3.12. The van der Waals surface area contributed by atoms with Crippen LogP contribution in [0.4, 0.5) is 3.89 Å². The summed E-state index contributed by atoms with van der Waals surface area (Å²) in [4.78, 5) is 17.9. The molecular formula is C14H17FN2O4S. The Morgan fingerprint density at radius 3 is 2.77 bits per heavy atom. The van der Waals surface area contributed by atoms with Crippen LogP contribution in [0.1, 0.15) is 36.0 Å². The Hall–Kier alpha value is -1.70. The highest BCUT2D eigenvalue weighted by atomic mass is 32.3. The van der Waals surface area contributed by atoms with Gasteiger partial charge in [-0.25, -0.2) is 0 Å². The highest BCUT2D eigenvalue weighted by Crippen LogP contribution is 2.38. The van der Waals surface area contributed by atoms with Gasteiger partial charge in [0.25, 0.3) is 5.91 Å². The normalized spacial score (nSPS) is 21.9. The Morgan fingerprint density at radius 1 is 1.32 bits per heavy atom. The second kappa shape index (κ2) is 5.83. The van der Waals surface area contributed by atoms with Crippen molar-refractivity contribution in [1.82, 2.24) is 9.88 Å². The molecule has 1 aromatic rings. The lowest BCUT2D eigenvalue weighted by molar-refractivity contribution is 0.0785. The number of rotatable bonds is 5. The molecule has 8 heteroatoms. The molecule has 0 spiro atoms. The van der Waals surface area contributed by atoms with Crippen molar-refractivity contribution in [2.75, 3.05) is 13.1 Å². The zero-order valence-corrected chi connectivity index (χ0v) is 12.8. The SMILES string of the molecule is O=C(c1cncc(OS(=O)(=O)F)c1)N1CCC(CC2CC2)C1. The standard InChI is InChI=1S/C14H17FN2O4S/c15-22(19,20)21-13-6-12(7-16-8-13)14(18)17-4-3-11(9-17)5-10-1-2-10/h6-8,10-11H,1-5,9H2. The first-order valence-electron chi connectivity index (χ1n) is 7.29. The summed E-state index contributed by atoms with van der Waals surface area (Å²) in [5, 5.41) is 0. The fourth-order valence-electron chi connectivity index (χ4n) is 2.91. The Kier molecular flexibility index (Phi) is 4.03. The van der Waals surface area contributed by atoms with E-state index in [0.29, 0.717) is 19.0 Å². The van der Waals surface area contributed by atoms with Crippen molar-refractivity contribution in [2.45, 2.75) is 25.7 Å². The highest BCUT2D eigenvalue weighted by molar-refractivity contribution is 7.81. The quantitative estimate of drug-likeness (QED) is 0.772. The third kappa shape index (κ3) is 3.94. The molecule has 1 saturated heterocycles. The van der Waals surface area contributed by atoms with Crippen LogP contribution >= 0.6 is 0 Å². The number of amides is 1. The van der Waals surface area contributed by atoms with Crippen LogP contribution < -0.4 is 4.18 Å². The monoisotopic (exact) mass is 328 g/mol. The topological polar surface area (TPSA) is 76.6 Å². The Balaban J connectivity index is 1.65. The van der Waals surface area contributed by atoms with E-state index in [1.807, 2.05) is 0 Å². The lowest BCUT2D eigenvalue weighted by atomic mass is 10.0. The molecule has 3 rings (SSSR count). The fourth-order valence-corrected chi connectivity index (χ4v) is 3.23. The summed E-state index contributed by atoms with van der Waals surface area (Å²) in [6.45, 7) is 1.39. The molecule has 22 heavy (non-hydrogen) atoms. The molecule has 1 aliphatic heterocycles. The minimum absolute atomic E-state index is 0.202. The first-order chi connectivity index (χ1) is 10.4. The molecule has 1 saturated carbocycles. The summed E-state index contributed by atoms with van der Waals surface area (Å²) in [7, 11) is -5.12. The minimum Gasteiger partial charge on any atom is -0.357 e. The van der Waals surface area contributed by atoms with E-state index in [1.165, 1.54) is 31.5 Å². The van der Waals surface area contributed by atoms with Gasteiger partial charge in [0.2, 0.25) is 0 Å². The van der Waals surface area contributed by atoms with Crippen LogP contribution in [-0.2, 0) is 10.5 Å². The molecule has 2 aliphatic rings. The average molecular weight is 328 g/mol. The lowest BCUT2D eigenvalue weighted by Crippen LogP contribution is -2.28. The second-order valence-corrected chi connectivity index (χ2v) is 6.92. The molecule has 6 nitrogen and oxygen atoms in total. The van der Waals surface area contributed by atoms with Gasteiger partial charge < -0.3 is 9.08 Å². The van der Waals surface area contributed by atoms with Crippen LogP contribution in [-0.4, -0.2) is 37.3 Å². The van der Waals surface area contributed by atoms with E-state index in [2.05, 4.69) is 9.17 Å². The molecule has 2 heterocycles. The predicted octanol–water partition coefficient (Wildman–Crippen LogP) is 1.94. The van der Waals surface area contributed by atoms with Crippen molar-refractivity contribution in [3.8, 4) is 5.75 Å². The van der Waals surface area contributed by atoms with E-state index in [0.717, 1.165) is 18.5 Å². The largest absolute Gasteiger partial charge is 0.488 e. The molecule has 1 aromatic heterocycles. The van der Waals surface area contributed by atoms with E-state index >= 15 is 0 Å². The molecule has 0 N–H and O–H groups in total. The van der Waals surface area contributed by atoms with Gasteiger partial charge in [-0.2, -0.15) is 8.42 Å². The molecular weight excluding hydrogens is 311 g/mol. The molecule has 0 radical (unpaired) electrons. The van der Waals surface area contributed by atoms with Crippen LogP contribution in [0.3, 0.4) is 0 Å². The maximum Gasteiger partial charge on any atom is 0.488 e. The van der Waals surface area contributed by atoms with Gasteiger partial charge in [-0.3, -0.25) is 9.78 Å². The van der Waals surface area contributed by atoms with Gasteiger partial charge in [-0.15, -0.1) is 0 Å². The number of nitrogens with zero attached hydrogens (tertiary/aromatic N) is 2. The summed E-state index contributed by atoms with van der Waals surface area (Å²) in [6, 6.07) is 1.20. The lowest BCUT2D eigenvalue weighted by Gasteiger charge is -2.16. The van der Waals surface area contributed by atoms with Crippen molar-refractivity contribution < 1.29 is 21.3 Å². The van der Waals surface area contributed by atoms with E-state index < -0.39 is 10.5 Å². The van der Waals surface area contributed by atoms with E-state index in [1.54, 1.807) is 4.90 Å². The first kappa shape index (κ1) is 15.2. The van der Waals surface area contributed by atoms with Gasteiger partial charge >= 0.3 is 10.5 Å². The van der Waals surface area contributed by atoms with E-state index in [4.69, 9.17) is 0 Å². The van der Waals surface area contributed by atoms with Gasteiger partial charge in [0.05, 0.1) is 11.8 Å². The van der Waals surface area contributed by atoms with Crippen molar-refractivity contribution in [3.63, 3.8) is 0 Å². The molecule has 2 fully saturated rings. The molecule has 1 aliphatic carbocycles. The van der Waals surface area contributed by atoms with E-state index in [9.17, 15) is 17.1 Å². The summed E-state index contributed by atoms with van der Waals surface area (Å²) >= 11 is 0. The maximum atomic E-state index is 12.5. The van der Waals surface area contributed by atoms with Gasteiger partial charge in [0.1, 0.15) is 0 Å². The summed E-state index contributed by atoms with van der Waals surface area (Å²) in [5.41, 5.74) is 0.202. The van der Waals surface area contributed by atoms with Crippen molar-refractivity contribution in [2.24, 2.45) is 11.8 Å². The number of likely N-dealkylation sites (tertiary alicyclic amines) is 1. The molecule has 120 valence electrons. The third-order valence-electron chi connectivity index (χ3n) is 4.09. The van der Waals surface area contributed by atoms with Gasteiger partial charge in [0, 0.05) is 19.3 Å². The Labute approximate surface area is 128 Å². The maximum absolute atomic E-state index is 12.5. The molecule has 1 unspecified atom stereocenters. The summed E-state index contributed by atoms with van der Waals surface area (Å²) in [6.07, 6.45) is 7.13. The number of carbonyl (C=O) groups is 1. The van der Waals surface area contributed by atoms with E-state index in [-0.39, 0.29) is 17.2 Å². The molecule has 0 bridgehead atoms. The molecule has 1 amide bonds. The number of halogens is 1. The van der Waals surface area contributed by atoms with Gasteiger partial charge in [-0.05, 0) is 30.7 Å². The van der Waals surface area contributed by atoms with Crippen molar-refractivity contribution >= 4 is 16.4 Å². The number of pyridine rings is 1. The fraction of sp³-hybridized carbons (Fsp3) is 0.571. The number of hydrogen-bond acceptors (Lipinski definition) is 5. The number of aromatic nitrogens is 1. The van der Waals surface area contributed by atoms with Crippen molar-refractivity contribution in [3.05, 3.63) is 24.0 Å². The Bertz CT molecular complexity index is 675. The van der Waals surface area contributed by atoms with Gasteiger partial charge in [0.15, 0.2) is 5.75 Å². The Morgan fingerprint density at radius 2 is 2.09 bits per heavy atom. The van der Waals surface area contributed by atoms with Crippen LogP contribution in [0.15, 0.2) is 18.5 Å².